The molecule has 11 heteroatoms. The molecule has 3 aromatic heterocycles. The lowest BCUT2D eigenvalue weighted by Gasteiger charge is -2.13. The van der Waals surface area contributed by atoms with Gasteiger partial charge in [0.15, 0.2) is 11.5 Å². The lowest BCUT2D eigenvalue weighted by molar-refractivity contribution is 0.581. The Bertz CT molecular complexity index is 1220. The number of hydrogen-bond acceptors (Lipinski definition) is 7. The molecular weight excluding hydrogens is 495 g/mol. The van der Waals surface area contributed by atoms with Crippen LogP contribution in [0.3, 0.4) is 0 Å². The topological polar surface area (TPSA) is 93.2 Å². The number of aromatic nitrogens is 5. The maximum Gasteiger partial charge on any atom is 0.315 e. The first kappa shape index (κ1) is 19.2. The molecular formula is C18H14F2IN7O. The van der Waals surface area contributed by atoms with E-state index in [1.165, 1.54) is 16.5 Å². The number of pyridine rings is 1. The molecule has 0 saturated heterocycles. The lowest BCUT2D eigenvalue weighted by atomic mass is 10.2. The Labute approximate surface area is 177 Å². The fourth-order valence-electron chi connectivity index (χ4n) is 2.67. The van der Waals surface area contributed by atoms with Gasteiger partial charge in [-0.15, -0.1) is 21.9 Å². The Balaban J connectivity index is 1.87. The number of fused-ring (bicyclic) bond motifs is 1. The summed E-state index contributed by atoms with van der Waals surface area (Å²) < 4.78 is 37.4. The highest BCUT2D eigenvalue weighted by molar-refractivity contribution is 14.1. The Morgan fingerprint density at radius 1 is 1.24 bits per heavy atom. The van der Waals surface area contributed by atoms with Crippen molar-refractivity contribution in [2.75, 3.05) is 17.2 Å². The highest BCUT2D eigenvalue weighted by atomic mass is 127. The van der Waals surface area contributed by atoms with Crippen molar-refractivity contribution in [1.82, 2.24) is 24.8 Å². The van der Waals surface area contributed by atoms with Gasteiger partial charge in [-0.05, 0) is 47.7 Å². The van der Waals surface area contributed by atoms with Gasteiger partial charge in [0.25, 0.3) is 5.89 Å². The third kappa shape index (κ3) is 3.64. The summed E-state index contributed by atoms with van der Waals surface area (Å²) in [6.07, 6.45) is 3.19. The smallest absolute Gasteiger partial charge is 0.315 e. The highest BCUT2D eigenvalue weighted by Crippen LogP contribution is 2.35. The number of rotatable bonds is 6. The van der Waals surface area contributed by atoms with E-state index in [0.29, 0.717) is 15.9 Å². The molecule has 0 aliphatic carbocycles. The summed E-state index contributed by atoms with van der Waals surface area (Å²) >= 11 is 1.99. The summed E-state index contributed by atoms with van der Waals surface area (Å²) in [5.41, 5.74) is 0.263. The molecule has 2 N–H and O–H groups in total. The highest BCUT2D eigenvalue weighted by Gasteiger charge is 2.23. The Kier molecular flexibility index (Phi) is 5.13. The normalized spacial score (nSPS) is 11.0. The molecule has 0 atom stereocenters. The van der Waals surface area contributed by atoms with Crippen LogP contribution < -0.4 is 10.6 Å². The van der Waals surface area contributed by atoms with Crippen molar-refractivity contribution in [3.8, 4) is 11.5 Å². The van der Waals surface area contributed by atoms with Crippen molar-refractivity contribution in [2.45, 2.75) is 6.92 Å². The molecule has 4 rings (SSSR count). The van der Waals surface area contributed by atoms with Gasteiger partial charge in [-0.1, -0.05) is 11.2 Å². The average Bonchev–Trinajstić information content (AvgIpc) is 3.31. The number of halogens is 3. The molecule has 0 saturated carbocycles. The summed E-state index contributed by atoms with van der Waals surface area (Å²) in [6.45, 7) is 5.70. The average molecular weight is 509 g/mol. The minimum atomic E-state index is -0.722. The first-order valence-corrected chi connectivity index (χ1v) is 9.50. The summed E-state index contributed by atoms with van der Waals surface area (Å²) in [5, 5.41) is 21.3. The second kappa shape index (κ2) is 7.73. The van der Waals surface area contributed by atoms with Crippen LogP contribution in [0.2, 0.25) is 0 Å². The maximum absolute atomic E-state index is 15.3. The minimum absolute atomic E-state index is 0.0100. The third-order valence-corrected chi connectivity index (χ3v) is 4.72. The number of nitrogens with one attached hydrogen (secondary N) is 2. The van der Waals surface area contributed by atoms with E-state index < -0.39 is 11.6 Å². The quantitative estimate of drug-likeness (QED) is 0.296. The predicted octanol–water partition coefficient (Wildman–Crippen LogP) is 4.31. The predicted molar refractivity (Wildman–Crippen MR) is 112 cm³/mol. The Hall–Kier alpha value is -3.09. The van der Waals surface area contributed by atoms with E-state index in [2.05, 4.69) is 37.6 Å². The molecule has 0 aliphatic heterocycles. The molecule has 0 spiro atoms. The zero-order chi connectivity index (χ0) is 20.5. The molecule has 0 fully saturated rings. The van der Waals surface area contributed by atoms with Crippen LogP contribution in [0.1, 0.15) is 5.82 Å². The minimum Gasteiger partial charge on any atom is -0.403 e. The molecule has 0 amide bonds. The van der Waals surface area contributed by atoms with E-state index in [1.807, 2.05) is 22.6 Å². The van der Waals surface area contributed by atoms with Crippen molar-refractivity contribution < 1.29 is 13.2 Å². The molecule has 1 aromatic carbocycles. The monoisotopic (exact) mass is 509 g/mol. The molecule has 0 bridgehead atoms. The number of nitrogens with zero attached hydrogens (tertiary/aromatic N) is 5. The van der Waals surface area contributed by atoms with E-state index >= 15 is 4.39 Å². The van der Waals surface area contributed by atoms with Crippen molar-refractivity contribution in [1.29, 1.82) is 0 Å². The molecule has 4 aromatic rings. The van der Waals surface area contributed by atoms with Gasteiger partial charge in [-0.25, -0.2) is 8.78 Å². The van der Waals surface area contributed by atoms with Crippen molar-refractivity contribution >= 4 is 45.6 Å². The summed E-state index contributed by atoms with van der Waals surface area (Å²) in [5.74, 6) is -0.742. The summed E-state index contributed by atoms with van der Waals surface area (Å²) in [4.78, 5) is 0. The van der Waals surface area contributed by atoms with Crippen LogP contribution >= 0.6 is 22.6 Å². The van der Waals surface area contributed by atoms with Gasteiger partial charge in [0.2, 0.25) is 0 Å². The van der Waals surface area contributed by atoms with E-state index in [1.54, 1.807) is 25.3 Å². The van der Waals surface area contributed by atoms with Crippen LogP contribution in [0.25, 0.3) is 17.1 Å². The fraction of sp³-hybridized carbons (Fsp3) is 0.111. The van der Waals surface area contributed by atoms with E-state index in [9.17, 15) is 4.39 Å². The fourth-order valence-corrected chi connectivity index (χ4v) is 3.12. The molecule has 3 heterocycles. The van der Waals surface area contributed by atoms with E-state index in [4.69, 9.17) is 4.42 Å². The largest absolute Gasteiger partial charge is 0.403 e. The molecule has 0 aliphatic rings. The van der Waals surface area contributed by atoms with Crippen molar-refractivity contribution in [3.63, 3.8) is 0 Å². The van der Waals surface area contributed by atoms with Crippen LogP contribution in [0.15, 0.2) is 41.5 Å². The first-order valence-electron chi connectivity index (χ1n) is 8.42. The molecule has 0 radical (unpaired) electrons. The third-order valence-electron chi connectivity index (χ3n) is 4.05. The summed E-state index contributed by atoms with van der Waals surface area (Å²) in [7, 11) is 0. The second-order valence-electron chi connectivity index (χ2n) is 6.00. The van der Waals surface area contributed by atoms with Gasteiger partial charge in [0.05, 0.1) is 16.9 Å². The van der Waals surface area contributed by atoms with Gasteiger partial charge >= 0.3 is 6.01 Å². The van der Waals surface area contributed by atoms with Gasteiger partial charge in [-0.3, -0.25) is 4.40 Å². The number of aryl methyl sites for hydroxylation is 1. The standard InChI is InChI=1S/C18H14F2IN7O/c1-3-6-22-18-27-26-17(29-18)11-8-28-9(2)24-25-16(28)14(20)15(11)23-13-5-4-10(21)7-12(13)19/h3-5,7-8,23H,1,6H2,2H3,(H,22,27). The van der Waals surface area contributed by atoms with Gasteiger partial charge in [-0.2, -0.15) is 0 Å². The zero-order valence-corrected chi connectivity index (χ0v) is 17.2. The van der Waals surface area contributed by atoms with Crippen molar-refractivity contribution in [2.24, 2.45) is 0 Å². The second-order valence-corrected chi connectivity index (χ2v) is 7.25. The molecule has 8 nitrogen and oxygen atoms in total. The molecule has 0 unspecified atom stereocenters. The van der Waals surface area contributed by atoms with Crippen LogP contribution in [0.5, 0.6) is 0 Å². The van der Waals surface area contributed by atoms with E-state index in [0.717, 1.165) is 0 Å². The van der Waals surface area contributed by atoms with Crippen LogP contribution in [0.4, 0.5) is 26.2 Å². The summed E-state index contributed by atoms with van der Waals surface area (Å²) in [6, 6.07) is 4.70. The zero-order valence-electron chi connectivity index (χ0n) is 15.1. The van der Waals surface area contributed by atoms with Gasteiger partial charge < -0.3 is 15.1 Å². The van der Waals surface area contributed by atoms with Crippen LogP contribution in [-0.4, -0.2) is 31.3 Å². The molecule has 148 valence electrons. The Morgan fingerprint density at radius 3 is 2.83 bits per heavy atom. The van der Waals surface area contributed by atoms with Crippen LogP contribution in [-0.2, 0) is 0 Å². The molecule has 29 heavy (non-hydrogen) atoms. The Morgan fingerprint density at radius 2 is 2.07 bits per heavy atom. The van der Waals surface area contributed by atoms with E-state index in [-0.39, 0.29) is 34.5 Å². The SMILES string of the molecule is C=CCNc1nnc(-c2cn3c(C)nnc3c(F)c2Nc2ccc(I)cc2F)o1. The van der Waals surface area contributed by atoms with Crippen molar-refractivity contribution in [3.05, 3.63) is 58.1 Å². The van der Waals surface area contributed by atoms with Crippen LogP contribution in [0, 0.1) is 22.1 Å². The van der Waals surface area contributed by atoms with Gasteiger partial charge in [0.1, 0.15) is 11.6 Å². The first-order chi connectivity index (χ1) is 14.0. The van der Waals surface area contributed by atoms with Gasteiger partial charge in [0, 0.05) is 16.3 Å². The number of hydrogen-bond donors (Lipinski definition) is 2. The maximum atomic E-state index is 15.3. The lowest BCUT2D eigenvalue weighted by Crippen LogP contribution is -2.03. The number of anilines is 3. The number of benzene rings is 1.